The fraction of sp³-hybridized carbons (Fsp3) is 0.214. The minimum atomic E-state index is -0.0251. The quantitative estimate of drug-likeness (QED) is 0.388. The molecule has 2 aromatic rings. The molecule has 0 fully saturated rings. The molecule has 2 rings (SSSR count). The van der Waals surface area contributed by atoms with Crippen LogP contribution in [0.5, 0.6) is 0 Å². The predicted molar refractivity (Wildman–Crippen MR) is 78.5 cm³/mol. The molecule has 4 nitrogen and oxygen atoms in total. The zero-order valence-electron chi connectivity index (χ0n) is 11.0. The smallest absolute Gasteiger partial charge is 0.188 e. The minimum absolute atomic E-state index is 0.0251. The van der Waals surface area contributed by atoms with E-state index in [0.717, 1.165) is 11.4 Å². The van der Waals surface area contributed by atoms with Gasteiger partial charge in [-0.2, -0.15) is 0 Å². The number of hydrogen-bond donors (Lipinski definition) is 2. The van der Waals surface area contributed by atoms with Crippen molar-refractivity contribution in [3.05, 3.63) is 52.8 Å². The molecule has 98 valence electrons. The predicted octanol–water partition coefficient (Wildman–Crippen LogP) is 2.67. The third-order valence-electron chi connectivity index (χ3n) is 2.56. The SMILES string of the molecule is Cc1cccc(CSc2nc(C)cc(C(=N)N)n2)c1. The van der Waals surface area contributed by atoms with E-state index in [4.69, 9.17) is 11.1 Å². The molecule has 0 bridgehead atoms. The largest absolute Gasteiger partial charge is 0.382 e. The number of hydrogen-bond acceptors (Lipinski definition) is 4. The second-order valence-electron chi connectivity index (χ2n) is 4.37. The van der Waals surface area contributed by atoms with Gasteiger partial charge in [0.1, 0.15) is 11.5 Å². The lowest BCUT2D eigenvalue weighted by Crippen LogP contribution is -2.14. The van der Waals surface area contributed by atoms with E-state index in [0.29, 0.717) is 10.9 Å². The van der Waals surface area contributed by atoms with Gasteiger partial charge in [0.2, 0.25) is 0 Å². The van der Waals surface area contributed by atoms with E-state index in [2.05, 4.69) is 35.1 Å². The molecule has 1 aromatic heterocycles. The lowest BCUT2D eigenvalue weighted by Gasteiger charge is -2.05. The Balaban J connectivity index is 2.13. The van der Waals surface area contributed by atoms with Crippen molar-refractivity contribution in [3.8, 4) is 0 Å². The van der Waals surface area contributed by atoms with Crippen LogP contribution in [0.4, 0.5) is 0 Å². The molecule has 0 atom stereocenters. The number of nitrogens with one attached hydrogen (secondary N) is 1. The van der Waals surface area contributed by atoms with Crippen LogP contribution >= 0.6 is 11.8 Å². The fourth-order valence-corrected chi connectivity index (χ4v) is 2.54. The minimum Gasteiger partial charge on any atom is -0.382 e. The van der Waals surface area contributed by atoms with Gasteiger partial charge in [-0.1, -0.05) is 41.6 Å². The van der Waals surface area contributed by atoms with Crippen molar-refractivity contribution < 1.29 is 0 Å². The number of benzene rings is 1. The van der Waals surface area contributed by atoms with Crippen molar-refractivity contribution in [3.63, 3.8) is 0 Å². The molecule has 0 aliphatic carbocycles. The Labute approximate surface area is 117 Å². The lowest BCUT2D eigenvalue weighted by atomic mass is 10.2. The molecular weight excluding hydrogens is 256 g/mol. The first-order chi connectivity index (χ1) is 9.04. The Bertz CT molecular complexity index is 610. The molecule has 0 aliphatic heterocycles. The van der Waals surface area contributed by atoms with Crippen LogP contribution in [0, 0.1) is 19.3 Å². The summed E-state index contributed by atoms with van der Waals surface area (Å²) in [6, 6.07) is 10.1. The van der Waals surface area contributed by atoms with Gasteiger partial charge in [0.25, 0.3) is 0 Å². The Kier molecular flexibility index (Phi) is 4.16. The van der Waals surface area contributed by atoms with Crippen LogP contribution in [-0.4, -0.2) is 15.8 Å². The summed E-state index contributed by atoms with van der Waals surface area (Å²) in [6.45, 7) is 3.95. The molecule has 0 amide bonds. The number of nitrogen functional groups attached to an aromatic ring is 1. The molecule has 0 radical (unpaired) electrons. The molecule has 0 aliphatic rings. The second kappa shape index (κ2) is 5.84. The number of amidine groups is 1. The van der Waals surface area contributed by atoms with Crippen molar-refractivity contribution in [1.82, 2.24) is 9.97 Å². The van der Waals surface area contributed by atoms with E-state index in [1.54, 1.807) is 17.8 Å². The summed E-state index contributed by atoms with van der Waals surface area (Å²) >= 11 is 1.55. The highest BCUT2D eigenvalue weighted by atomic mass is 32.2. The summed E-state index contributed by atoms with van der Waals surface area (Å²) in [5.74, 6) is 0.783. The van der Waals surface area contributed by atoms with Crippen molar-refractivity contribution in [2.75, 3.05) is 0 Å². The van der Waals surface area contributed by atoms with Crippen LogP contribution in [0.3, 0.4) is 0 Å². The van der Waals surface area contributed by atoms with Gasteiger partial charge in [-0.05, 0) is 25.5 Å². The third-order valence-corrected chi connectivity index (χ3v) is 3.48. The normalized spacial score (nSPS) is 10.4. The maximum Gasteiger partial charge on any atom is 0.188 e. The summed E-state index contributed by atoms with van der Waals surface area (Å²) in [6.07, 6.45) is 0. The average Bonchev–Trinajstić information content (AvgIpc) is 2.36. The maximum absolute atomic E-state index is 7.43. The molecule has 1 aromatic carbocycles. The first kappa shape index (κ1) is 13.5. The Morgan fingerprint density at radius 2 is 2.05 bits per heavy atom. The highest BCUT2D eigenvalue weighted by Gasteiger charge is 2.05. The van der Waals surface area contributed by atoms with Crippen LogP contribution < -0.4 is 5.73 Å². The zero-order chi connectivity index (χ0) is 13.8. The molecule has 0 saturated carbocycles. The highest BCUT2D eigenvalue weighted by molar-refractivity contribution is 7.98. The van der Waals surface area contributed by atoms with Crippen molar-refractivity contribution in [2.24, 2.45) is 5.73 Å². The van der Waals surface area contributed by atoms with Gasteiger partial charge >= 0.3 is 0 Å². The standard InChI is InChI=1S/C14H16N4S/c1-9-4-3-5-11(6-9)8-19-14-17-10(2)7-12(18-14)13(15)16/h3-7H,8H2,1-2H3,(H3,15,16). The van der Waals surface area contributed by atoms with Crippen molar-refractivity contribution in [2.45, 2.75) is 24.8 Å². The summed E-state index contributed by atoms with van der Waals surface area (Å²) in [5, 5.41) is 8.09. The van der Waals surface area contributed by atoms with Crippen LogP contribution in [0.1, 0.15) is 22.5 Å². The van der Waals surface area contributed by atoms with Gasteiger partial charge in [0.05, 0.1) is 0 Å². The van der Waals surface area contributed by atoms with Crippen LogP contribution in [0.25, 0.3) is 0 Å². The number of rotatable bonds is 4. The Morgan fingerprint density at radius 1 is 1.26 bits per heavy atom. The first-order valence-electron chi connectivity index (χ1n) is 5.93. The van der Waals surface area contributed by atoms with Gasteiger partial charge in [0.15, 0.2) is 5.16 Å². The Morgan fingerprint density at radius 3 is 2.74 bits per heavy atom. The lowest BCUT2D eigenvalue weighted by molar-refractivity contribution is 0.921. The average molecular weight is 272 g/mol. The van der Waals surface area contributed by atoms with Gasteiger partial charge in [-0.15, -0.1) is 0 Å². The van der Waals surface area contributed by atoms with Crippen LogP contribution in [-0.2, 0) is 5.75 Å². The molecule has 3 N–H and O–H groups in total. The number of aromatic nitrogens is 2. The molecule has 0 spiro atoms. The number of thioether (sulfide) groups is 1. The number of aryl methyl sites for hydroxylation is 2. The fourth-order valence-electron chi connectivity index (χ4n) is 1.69. The molecular formula is C14H16N4S. The summed E-state index contributed by atoms with van der Waals surface area (Å²) in [5.41, 5.74) is 9.25. The monoisotopic (exact) mass is 272 g/mol. The molecule has 1 heterocycles. The highest BCUT2D eigenvalue weighted by Crippen LogP contribution is 2.20. The summed E-state index contributed by atoms with van der Waals surface area (Å²) < 4.78 is 0. The maximum atomic E-state index is 7.43. The topological polar surface area (TPSA) is 75.7 Å². The molecule has 0 unspecified atom stereocenters. The first-order valence-corrected chi connectivity index (χ1v) is 6.91. The molecule has 0 saturated heterocycles. The molecule has 5 heteroatoms. The van der Waals surface area contributed by atoms with E-state index in [1.165, 1.54) is 11.1 Å². The van der Waals surface area contributed by atoms with Crippen LogP contribution in [0.15, 0.2) is 35.5 Å². The van der Waals surface area contributed by atoms with Crippen LogP contribution in [0.2, 0.25) is 0 Å². The second-order valence-corrected chi connectivity index (χ2v) is 5.31. The van der Waals surface area contributed by atoms with E-state index < -0.39 is 0 Å². The van der Waals surface area contributed by atoms with Gasteiger partial charge < -0.3 is 5.73 Å². The Hall–Kier alpha value is -1.88. The van der Waals surface area contributed by atoms with E-state index in [9.17, 15) is 0 Å². The number of nitrogens with zero attached hydrogens (tertiary/aromatic N) is 2. The zero-order valence-corrected chi connectivity index (χ0v) is 11.8. The van der Waals surface area contributed by atoms with E-state index in [-0.39, 0.29) is 5.84 Å². The van der Waals surface area contributed by atoms with Gasteiger partial charge in [-0.25, -0.2) is 9.97 Å². The van der Waals surface area contributed by atoms with Crippen molar-refractivity contribution in [1.29, 1.82) is 5.41 Å². The summed E-state index contributed by atoms with van der Waals surface area (Å²) in [4.78, 5) is 8.63. The van der Waals surface area contributed by atoms with Gasteiger partial charge in [-0.3, -0.25) is 5.41 Å². The molecule has 19 heavy (non-hydrogen) atoms. The summed E-state index contributed by atoms with van der Waals surface area (Å²) in [7, 11) is 0. The number of nitrogens with two attached hydrogens (primary N) is 1. The van der Waals surface area contributed by atoms with E-state index >= 15 is 0 Å². The van der Waals surface area contributed by atoms with Crippen molar-refractivity contribution >= 4 is 17.6 Å². The van der Waals surface area contributed by atoms with Gasteiger partial charge in [0, 0.05) is 11.4 Å². The third kappa shape index (κ3) is 3.79. The van der Waals surface area contributed by atoms with E-state index in [1.807, 2.05) is 13.0 Å².